The summed E-state index contributed by atoms with van der Waals surface area (Å²) in [7, 11) is 0. The van der Waals surface area contributed by atoms with Crippen LogP contribution in [0.2, 0.25) is 5.02 Å². The molecular formula is C21H25ClN2. The Kier molecular flexibility index (Phi) is 5.95. The van der Waals surface area contributed by atoms with Gasteiger partial charge in [-0.25, -0.2) is 0 Å². The Morgan fingerprint density at radius 1 is 1.04 bits per heavy atom. The van der Waals surface area contributed by atoms with E-state index in [4.69, 9.17) is 11.6 Å². The number of unbranched alkanes of at least 4 members (excludes halogenated alkanes) is 2. The van der Waals surface area contributed by atoms with Crippen LogP contribution in [-0.2, 0) is 13.1 Å². The summed E-state index contributed by atoms with van der Waals surface area (Å²) < 4.78 is 2.32. The van der Waals surface area contributed by atoms with Crippen LogP contribution in [0.4, 0.5) is 0 Å². The van der Waals surface area contributed by atoms with Crippen LogP contribution >= 0.6 is 11.6 Å². The Morgan fingerprint density at radius 2 is 1.92 bits per heavy atom. The molecule has 126 valence electrons. The maximum Gasteiger partial charge on any atom is 0.0486 e. The second-order valence-corrected chi connectivity index (χ2v) is 6.75. The van der Waals surface area contributed by atoms with Gasteiger partial charge >= 0.3 is 0 Å². The van der Waals surface area contributed by atoms with Gasteiger partial charge in [-0.2, -0.15) is 0 Å². The Bertz CT molecular complexity index is 791. The van der Waals surface area contributed by atoms with Gasteiger partial charge in [0.2, 0.25) is 0 Å². The van der Waals surface area contributed by atoms with Gasteiger partial charge in [0.25, 0.3) is 0 Å². The number of nitrogens with one attached hydrogen (secondary N) is 1. The van der Waals surface area contributed by atoms with E-state index in [1.807, 2.05) is 18.2 Å². The summed E-state index contributed by atoms with van der Waals surface area (Å²) in [6.45, 7) is 5.09. The number of hydrogen-bond donors (Lipinski definition) is 1. The number of halogens is 1. The summed E-state index contributed by atoms with van der Waals surface area (Å²) in [6.07, 6.45) is 6.08. The first-order chi connectivity index (χ1) is 11.8. The third-order valence-electron chi connectivity index (χ3n) is 4.39. The molecule has 3 rings (SSSR count). The fourth-order valence-electron chi connectivity index (χ4n) is 3.15. The molecule has 0 atom stereocenters. The van der Waals surface area contributed by atoms with Gasteiger partial charge in [-0.15, -0.1) is 0 Å². The van der Waals surface area contributed by atoms with Gasteiger partial charge in [0.15, 0.2) is 0 Å². The number of hydrogen-bond acceptors (Lipinski definition) is 1. The van der Waals surface area contributed by atoms with Crippen molar-refractivity contribution in [3.8, 4) is 0 Å². The van der Waals surface area contributed by atoms with Crippen molar-refractivity contribution in [1.29, 1.82) is 0 Å². The predicted molar refractivity (Wildman–Crippen MR) is 104 cm³/mol. The van der Waals surface area contributed by atoms with Crippen molar-refractivity contribution in [1.82, 2.24) is 9.88 Å². The van der Waals surface area contributed by atoms with Crippen LogP contribution in [0.15, 0.2) is 54.7 Å². The van der Waals surface area contributed by atoms with Gasteiger partial charge in [0.1, 0.15) is 0 Å². The topological polar surface area (TPSA) is 17.0 Å². The molecule has 2 nitrogen and oxygen atoms in total. The quantitative estimate of drug-likeness (QED) is 0.526. The minimum atomic E-state index is 0.793. The largest absolute Gasteiger partial charge is 0.343 e. The maximum atomic E-state index is 6.13. The van der Waals surface area contributed by atoms with Crippen molar-refractivity contribution in [3.63, 3.8) is 0 Å². The third-order valence-corrected chi connectivity index (χ3v) is 4.62. The lowest BCUT2D eigenvalue weighted by molar-refractivity contribution is 0.617. The minimum absolute atomic E-state index is 0.793. The molecule has 24 heavy (non-hydrogen) atoms. The molecule has 0 radical (unpaired) electrons. The summed E-state index contributed by atoms with van der Waals surface area (Å²) >= 11 is 6.13. The second-order valence-electron chi connectivity index (χ2n) is 6.31. The van der Waals surface area contributed by atoms with Gasteiger partial charge in [0.05, 0.1) is 0 Å². The Balaban J connectivity index is 1.78. The van der Waals surface area contributed by atoms with Crippen LogP contribution in [-0.4, -0.2) is 11.1 Å². The third kappa shape index (κ3) is 4.19. The molecular weight excluding hydrogens is 316 g/mol. The molecule has 0 aliphatic carbocycles. The molecule has 2 aromatic carbocycles. The summed E-state index contributed by atoms with van der Waals surface area (Å²) in [4.78, 5) is 0. The van der Waals surface area contributed by atoms with Crippen molar-refractivity contribution >= 4 is 22.5 Å². The summed E-state index contributed by atoms with van der Waals surface area (Å²) in [5, 5.41) is 5.71. The average Bonchev–Trinajstić information content (AvgIpc) is 2.93. The Hall–Kier alpha value is -1.77. The van der Waals surface area contributed by atoms with Crippen molar-refractivity contribution in [2.24, 2.45) is 0 Å². The molecule has 0 unspecified atom stereocenters. The van der Waals surface area contributed by atoms with Gasteiger partial charge < -0.3 is 9.88 Å². The zero-order chi connectivity index (χ0) is 16.8. The number of benzene rings is 2. The predicted octanol–water partition coefficient (Wildman–Crippen LogP) is 5.62. The number of rotatable bonds is 8. The first-order valence-corrected chi connectivity index (χ1v) is 9.17. The van der Waals surface area contributed by atoms with E-state index < -0.39 is 0 Å². The van der Waals surface area contributed by atoms with Crippen LogP contribution in [0.5, 0.6) is 0 Å². The van der Waals surface area contributed by atoms with E-state index in [0.717, 1.165) is 24.7 Å². The number of para-hydroxylation sites is 1. The van der Waals surface area contributed by atoms with E-state index in [1.165, 1.54) is 41.3 Å². The van der Waals surface area contributed by atoms with Gasteiger partial charge in [-0.3, -0.25) is 0 Å². The smallest absolute Gasteiger partial charge is 0.0486 e. The normalized spacial score (nSPS) is 11.2. The Labute approximate surface area is 149 Å². The lowest BCUT2D eigenvalue weighted by atomic mass is 10.1. The Morgan fingerprint density at radius 3 is 2.75 bits per heavy atom. The monoisotopic (exact) mass is 340 g/mol. The molecule has 1 heterocycles. The van der Waals surface area contributed by atoms with E-state index in [-0.39, 0.29) is 0 Å². The lowest BCUT2D eigenvalue weighted by Crippen LogP contribution is -2.14. The fraction of sp³-hybridized carbons (Fsp3) is 0.333. The van der Waals surface area contributed by atoms with Crippen molar-refractivity contribution in [2.75, 3.05) is 6.54 Å². The highest BCUT2D eigenvalue weighted by molar-refractivity contribution is 6.30. The number of fused-ring (bicyclic) bond motifs is 1. The van der Waals surface area contributed by atoms with E-state index >= 15 is 0 Å². The van der Waals surface area contributed by atoms with Gasteiger partial charge in [-0.05, 0) is 42.3 Å². The van der Waals surface area contributed by atoms with Gasteiger partial charge in [0, 0.05) is 35.2 Å². The molecule has 0 aliphatic rings. The van der Waals surface area contributed by atoms with Crippen LogP contribution in [0.3, 0.4) is 0 Å². The SMILES string of the molecule is CCCCCNCc1cn(Cc2cccc(Cl)c2)c2ccccc12. The molecule has 3 aromatic rings. The summed E-state index contributed by atoms with van der Waals surface area (Å²) in [5.74, 6) is 0. The van der Waals surface area contributed by atoms with E-state index in [0.29, 0.717) is 0 Å². The highest BCUT2D eigenvalue weighted by atomic mass is 35.5. The molecule has 1 aromatic heterocycles. The van der Waals surface area contributed by atoms with Gasteiger partial charge in [-0.1, -0.05) is 61.7 Å². The molecule has 0 fully saturated rings. The van der Waals surface area contributed by atoms with E-state index in [2.05, 4.69) is 53.3 Å². The molecule has 0 amide bonds. The highest BCUT2D eigenvalue weighted by Gasteiger charge is 2.08. The molecule has 3 heteroatoms. The molecule has 0 aliphatic heterocycles. The molecule has 1 N–H and O–H groups in total. The zero-order valence-electron chi connectivity index (χ0n) is 14.3. The van der Waals surface area contributed by atoms with Crippen LogP contribution in [0.1, 0.15) is 37.3 Å². The first-order valence-electron chi connectivity index (χ1n) is 8.80. The van der Waals surface area contributed by atoms with Crippen molar-refractivity contribution < 1.29 is 0 Å². The standard InChI is InChI=1S/C21H25ClN2/c1-2-3-6-12-23-14-18-16-24(21-11-5-4-10-20(18)21)15-17-8-7-9-19(22)13-17/h4-5,7-11,13,16,23H,2-3,6,12,14-15H2,1H3. The summed E-state index contributed by atoms with van der Waals surface area (Å²) in [6, 6.07) is 16.7. The number of nitrogens with zero attached hydrogens (tertiary/aromatic N) is 1. The molecule has 0 saturated carbocycles. The first kappa shape index (κ1) is 17.1. The summed E-state index contributed by atoms with van der Waals surface area (Å²) in [5.41, 5.74) is 3.87. The molecule has 0 saturated heterocycles. The van der Waals surface area contributed by atoms with Crippen molar-refractivity contribution in [2.45, 2.75) is 39.3 Å². The highest BCUT2D eigenvalue weighted by Crippen LogP contribution is 2.23. The fourth-order valence-corrected chi connectivity index (χ4v) is 3.36. The number of aromatic nitrogens is 1. The van der Waals surface area contributed by atoms with E-state index in [1.54, 1.807) is 0 Å². The van der Waals surface area contributed by atoms with E-state index in [9.17, 15) is 0 Å². The maximum absolute atomic E-state index is 6.13. The average molecular weight is 341 g/mol. The molecule has 0 spiro atoms. The molecule has 0 bridgehead atoms. The van der Waals surface area contributed by atoms with Crippen molar-refractivity contribution in [3.05, 3.63) is 70.9 Å². The van der Waals surface area contributed by atoms with Crippen LogP contribution in [0, 0.1) is 0 Å². The zero-order valence-corrected chi connectivity index (χ0v) is 15.0. The van der Waals surface area contributed by atoms with Crippen LogP contribution < -0.4 is 5.32 Å². The lowest BCUT2D eigenvalue weighted by Gasteiger charge is -2.06. The van der Waals surface area contributed by atoms with Crippen LogP contribution in [0.25, 0.3) is 10.9 Å². The minimum Gasteiger partial charge on any atom is -0.343 e. The second kappa shape index (κ2) is 8.36.